The molecule has 0 saturated heterocycles. The van der Waals surface area contributed by atoms with Crippen molar-refractivity contribution in [2.45, 2.75) is 51.9 Å². The van der Waals surface area contributed by atoms with Gasteiger partial charge < -0.3 is 4.90 Å². The molecule has 0 atom stereocenters. The standard InChI is InChI=1S/C44H39N/c1-30-26-33-16-10-11-17-34(33)27-38(30)40-28-39-37-20-12-13-21-41(37)44(2,3)42(39)29-43(40)45(35-18-8-5-9-19-35)36-24-22-32(23-25-36)31-14-6-4-7-15-31/h4-9,12-15,18-29H,10-11,16-17H2,1-3H3. The van der Waals surface area contributed by atoms with Crippen LogP contribution >= 0.6 is 0 Å². The van der Waals surface area contributed by atoms with E-state index in [0.717, 1.165) is 11.4 Å². The summed E-state index contributed by atoms with van der Waals surface area (Å²) in [5.74, 6) is 0. The van der Waals surface area contributed by atoms with Gasteiger partial charge in [0.15, 0.2) is 0 Å². The van der Waals surface area contributed by atoms with Crippen molar-refractivity contribution < 1.29 is 0 Å². The maximum absolute atomic E-state index is 2.52. The minimum absolute atomic E-state index is 0.0936. The van der Waals surface area contributed by atoms with Crippen LogP contribution in [0.4, 0.5) is 17.1 Å². The van der Waals surface area contributed by atoms with Crippen LogP contribution < -0.4 is 4.90 Å². The molecule has 0 spiro atoms. The molecule has 0 fully saturated rings. The molecular formula is C44H39N. The van der Waals surface area contributed by atoms with Crippen LogP contribution in [0.3, 0.4) is 0 Å². The summed E-state index contributed by atoms with van der Waals surface area (Å²) in [6, 6.07) is 49.6. The molecule has 220 valence electrons. The van der Waals surface area contributed by atoms with Gasteiger partial charge in [-0.3, -0.25) is 0 Å². The number of benzene rings is 6. The molecule has 1 nitrogen and oxygen atoms in total. The number of nitrogens with zero attached hydrogens (tertiary/aromatic N) is 1. The zero-order valence-electron chi connectivity index (χ0n) is 26.5. The van der Waals surface area contributed by atoms with Crippen molar-refractivity contribution in [2.75, 3.05) is 4.90 Å². The van der Waals surface area contributed by atoms with Gasteiger partial charge in [-0.15, -0.1) is 0 Å². The quantitative estimate of drug-likeness (QED) is 0.196. The summed E-state index contributed by atoms with van der Waals surface area (Å²) in [6.07, 6.45) is 4.93. The van der Waals surface area contributed by atoms with Crippen LogP contribution in [0.1, 0.15) is 54.5 Å². The van der Waals surface area contributed by atoms with Crippen molar-refractivity contribution in [3.8, 4) is 33.4 Å². The van der Waals surface area contributed by atoms with E-state index in [4.69, 9.17) is 0 Å². The molecule has 6 aromatic carbocycles. The molecule has 1 heteroatoms. The van der Waals surface area contributed by atoms with Crippen LogP contribution in [0.25, 0.3) is 33.4 Å². The van der Waals surface area contributed by atoms with Crippen LogP contribution in [-0.2, 0) is 18.3 Å². The Morgan fingerprint density at radius 1 is 0.489 bits per heavy atom. The largest absolute Gasteiger partial charge is 0.310 e. The van der Waals surface area contributed by atoms with Crippen LogP contribution in [0.2, 0.25) is 0 Å². The Bertz CT molecular complexity index is 2020. The lowest BCUT2D eigenvalue weighted by molar-refractivity contribution is 0.660. The number of anilines is 3. The predicted octanol–water partition coefficient (Wildman–Crippen LogP) is 12.0. The molecule has 8 rings (SSSR count). The number of hydrogen-bond acceptors (Lipinski definition) is 1. The summed E-state index contributed by atoms with van der Waals surface area (Å²) < 4.78 is 0. The SMILES string of the molecule is Cc1cc2c(cc1-c1cc3c(cc1N(c1ccccc1)c1ccc(-c4ccccc4)cc1)C(C)(C)c1ccccc1-3)CCCC2. The average Bonchev–Trinajstić information content (AvgIpc) is 3.31. The van der Waals surface area contributed by atoms with Gasteiger partial charge in [0.1, 0.15) is 0 Å². The minimum Gasteiger partial charge on any atom is -0.310 e. The van der Waals surface area contributed by atoms with Crippen LogP contribution in [0.15, 0.2) is 133 Å². The van der Waals surface area contributed by atoms with E-state index < -0.39 is 0 Å². The second kappa shape index (κ2) is 10.9. The van der Waals surface area contributed by atoms with Crippen LogP contribution in [0, 0.1) is 6.92 Å². The summed E-state index contributed by atoms with van der Waals surface area (Å²) in [5.41, 5.74) is 18.5. The molecule has 0 heterocycles. The van der Waals surface area contributed by atoms with Gasteiger partial charge in [0, 0.05) is 22.4 Å². The molecule has 0 bridgehead atoms. The van der Waals surface area contributed by atoms with Gasteiger partial charge in [-0.25, -0.2) is 0 Å². The van der Waals surface area contributed by atoms with E-state index >= 15 is 0 Å². The first-order valence-corrected chi connectivity index (χ1v) is 16.4. The van der Waals surface area contributed by atoms with E-state index in [0.29, 0.717) is 0 Å². The fourth-order valence-corrected chi connectivity index (χ4v) is 7.77. The number of aryl methyl sites for hydroxylation is 3. The molecule has 2 aliphatic rings. The number of hydrogen-bond donors (Lipinski definition) is 0. The highest BCUT2D eigenvalue weighted by Gasteiger charge is 2.37. The lowest BCUT2D eigenvalue weighted by Crippen LogP contribution is -2.17. The van der Waals surface area contributed by atoms with E-state index in [1.165, 1.54) is 92.6 Å². The Balaban J connectivity index is 1.39. The minimum atomic E-state index is -0.0936. The summed E-state index contributed by atoms with van der Waals surface area (Å²) in [4.78, 5) is 2.47. The molecule has 2 aliphatic carbocycles. The molecule has 0 aliphatic heterocycles. The molecule has 0 radical (unpaired) electrons. The third kappa shape index (κ3) is 4.70. The second-order valence-corrected chi connectivity index (χ2v) is 13.3. The monoisotopic (exact) mass is 581 g/mol. The lowest BCUT2D eigenvalue weighted by atomic mass is 9.81. The highest BCUT2D eigenvalue weighted by Crippen LogP contribution is 2.54. The summed E-state index contributed by atoms with van der Waals surface area (Å²) in [5, 5.41) is 0. The van der Waals surface area contributed by atoms with Crippen molar-refractivity contribution in [2.24, 2.45) is 0 Å². The summed E-state index contributed by atoms with van der Waals surface area (Å²) >= 11 is 0. The second-order valence-electron chi connectivity index (χ2n) is 13.3. The van der Waals surface area contributed by atoms with Crippen molar-refractivity contribution in [1.29, 1.82) is 0 Å². The van der Waals surface area contributed by atoms with E-state index in [9.17, 15) is 0 Å². The zero-order valence-corrected chi connectivity index (χ0v) is 26.5. The number of para-hydroxylation sites is 1. The van der Waals surface area contributed by atoms with Gasteiger partial charge >= 0.3 is 0 Å². The molecular weight excluding hydrogens is 542 g/mol. The smallest absolute Gasteiger partial charge is 0.0543 e. The maximum Gasteiger partial charge on any atom is 0.0543 e. The fourth-order valence-electron chi connectivity index (χ4n) is 7.77. The first-order valence-electron chi connectivity index (χ1n) is 16.4. The Labute approximate surface area is 267 Å². The van der Waals surface area contributed by atoms with Gasteiger partial charge in [0.05, 0.1) is 5.69 Å². The zero-order chi connectivity index (χ0) is 30.5. The van der Waals surface area contributed by atoms with Crippen molar-refractivity contribution in [3.63, 3.8) is 0 Å². The van der Waals surface area contributed by atoms with Crippen molar-refractivity contribution in [3.05, 3.63) is 161 Å². The Morgan fingerprint density at radius 3 is 1.82 bits per heavy atom. The lowest BCUT2D eigenvalue weighted by Gasteiger charge is -2.31. The predicted molar refractivity (Wildman–Crippen MR) is 191 cm³/mol. The highest BCUT2D eigenvalue weighted by molar-refractivity contribution is 5.95. The van der Waals surface area contributed by atoms with Crippen molar-refractivity contribution in [1.82, 2.24) is 0 Å². The summed E-state index contributed by atoms with van der Waals surface area (Å²) in [7, 11) is 0. The maximum atomic E-state index is 2.52. The molecule has 0 aromatic heterocycles. The topological polar surface area (TPSA) is 3.24 Å². The Morgan fingerprint density at radius 2 is 1.09 bits per heavy atom. The summed E-state index contributed by atoms with van der Waals surface area (Å²) in [6.45, 7) is 7.07. The molecule has 0 amide bonds. The van der Waals surface area contributed by atoms with E-state index in [2.05, 4.69) is 159 Å². The van der Waals surface area contributed by atoms with Gasteiger partial charge in [-0.05, 0) is 125 Å². The Kier molecular flexibility index (Phi) is 6.72. The van der Waals surface area contributed by atoms with Gasteiger partial charge in [-0.1, -0.05) is 111 Å². The Hall–Kier alpha value is -4.88. The molecule has 0 saturated carbocycles. The van der Waals surface area contributed by atoms with E-state index in [1.54, 1.807) is 0 Å². The first-order chi connectivity index (χ1) is 22.0. The van der Waals surface area contributed by atoms with Gasteiger partial charge in [0.25, 0.3) is 0 Å². The van der Waals surface area contributed by atoms with E-state index in [-0.39, 0.29) is 5.41 Å². The molecule has 0 N–H and O–H groups in total. The van der Waals surface area contributed by atoms with Crippen LogP contribution in [0.5, 0.6) is 0 Å². The molecule has 6 aromatic rings. The fraction of sp³-hybridized carbons (Fsp3) is 0.182. The molecule has 0 unspecified atom stereocenters. The number of fused-ring (bicyclic) bond motifs is 4. The van der Waals surface area contributed by atoms with Gasteiger partial charge in [-0.2, -0.15) is 0 Å². The highest BCUT2D eigenvalue weighted by atomic mass is 15.1. The van der Waals surface area contributed by atoms with Crippen molar-refractivity contribution >= 4 is 17.1 Å². The third-order valence-corrected chi connectivity index (χ3v) is 10.2. The van der Waals surface area contributed by atoms with Crippen LogP contribution in [-0.4, -0.2) is 0 Å². The first kappa shape index (κ1) is 27.7. The molecule has 45 heavy (non-hydrogen) atoms. The average molecular weight is 582 g/mol. The van der Waals surface area contributed by atoms with Gasteiger partial charge in [0.2, 0.25) is 0 Å². The number of rotatable bonds is 5. The van der Waals surface area contributed by atoms with E-state index in [1.807, 2.05) is 0 Å². The normalized spacial score (nSPS) is 14.4. The third-order valence-electron chi connectivity index (χ3n) is 10.2.